The van der Waals surface area contributed by atoms with Crippen molar-refractivity contribution in [1.82, 2.24) is 0 Å². The molecule has 5 heteroatoms. The number of benzene rings is 1. The standard InChI is InChI=1S/C16H23ClFNOS/c1-5-13(10(3)11(4)20-6-2)16(21)19-12-7-8-15(18)14(17)9-12/h5,7-11,13,16,19,21H,1,6H2,2-4H3/t10-,11+,13-,16?/m0/s1. The Hall–Kier alpha value is -0.710. The number of rotatable bonds is 8. The second-order valence-corrected chi connectivity index (χ2v) is 6.01. The Bertz CT molecular complexity index is 472. The van der Waals surface area contributed by atoms with Gasteiger partial charge in [0.25, 0.3) is 0 Å². The molecule has 1 N–H and O–H groups in total. The molecule has 0 aliphatic carbocycles. The van der Waals surface area contributed by atoms with Gasteiger partial charge in [-0.2, -0.15) is 12.6 Å². The molecule has 0 spiro atoms. The summed E-state index contributed by atoms with van der Waals surface area (Å²) >= 11 is 10.4. The van der Waals surface area contributed by atoms with Crippen LogP contribution in [0.5, 0.6) is 0 Å². The number of thiol groups is 1. The lowest BCUT2D eigenvalue weighted by Crippen LogP contribution is -2.33. The quantitative estimate of drug-likeness (QED) is 0.397. The highest BCUT2D eigenvalue weighted by atomic mass is 35.5. The first-order chi connectivity index (χ1) is 9.90. The lowest BCUT2D eigenvalue weighted by atomic mass is 9.89. The first kappa shape index (κ1) is 18.3. The largest absolute Gasteiger partial charge is 0.378 e. The number of anilines is 1. The molecule has 21 heavy (non-hydrogen) atoms. The molecule has 0 radical (unpaired) electrons. The number of hydrogen-bond donors (Lipinski definition) is 2. The Morgan fingerprint density at radius 1 is 1.48 bits per heavy atom. The van der Waals surface area contributed by atoms with Crippen molar-refractivity contribution in [3.63, 3.8) is 0 Å². The van der Waals surface area contributed by atoms with Gasteiger partial charge in [-0.25, -0.2) is 4.39 Å². The fraction of sp³-hybridized carbons (Fsp3) is 0.500. The predicted octanol–water partition coefficient (Wildman–Crippen LogP) is 5.01. The Morgan fingerprint density at radius 2 is 2.14 bits per heavy atom. The van der Waals surface area contributed by atoms with Gasteiger partial charge in [0.1, 0.15) is 5.82 Å². The molecule has 1 rings (SSSR count). The van der Waals surface area contributed by atoms with Crippen LogP contribution in [0.3, 0.4) is 0 Å². The van der Waals surface area contributed by atoms with E-state index < -0.39 is 5.82 Å². The van der Waals surface area contributed by atoms with Gasteiger partial charge in [0.05, 0.1) is 16.5 Å². The fourth-order valence-electron chi connectivity index (χ4n) is 2.21. The van der Waals surface area contributed by atoms with Crippen LogP contribution in [0.15, 0.2) is 30.9 Å². The van der Waals surface area contributed by atoms with Crippen molar-refractivity contribution in [2.75, 3.05) is 11.9 Å². The SMILES string of the molecule is C=C[C@H](C(S)Nc1ccc(F)c(Cl)c1)[C@@H](C)[C@@H](C)OCC. The first-order valence-electron chi connectivity index (χ1n) is 7.04. The number of halogens is 2. The molecule has 118 valence electrons. The molecule has 0 bridgehead atoms. The van der Waals surface area contributed by atoms with Crippen LogP contribution < -0.4 is 5.32 Å². The molecule has 0 saturated heterocycles. The summed E-state index contributed by atoms with van der Waals surface area (Å²) in [5.41, 5.74) is 0.726. The van der Waals surface area contributed by atoms with Gasteiger partial charge in [-0.15, -0.1) is 6.58 Å². The molecule has 2 nitrogen and oxygen atoms in total. The van der Waals surface area contributed by atoms with Crippen LogP contribution in [0.1, 0.15) is 20.8 Å². The van der Waals surface area contributed by atoms with Crippen LogP contribution in [0.4, 0.5) is 10.1 Å². The van der Waals surface area contributed by atoms with Crippen molar-refractivity contribution in [2.24, 2.45) is 11.8 Å². The van der Waals surface area contributed by atoms with Crippen molar-refractivity contribution in [1.29, 1.82) is 0 Å². The van der Waals surface area contributed by atoms with Gasteiger partial charge >= 0.3 is 0 Å². The second-order valence-electron chi connectivity index (χ2n) is 5.05. The van der Waals surface area contributed by atoms with Crippen LogP contribution in [0.2, 0.25) is 5.02 Å². The van der Waals surface area contributed by atoms with Crippen molar-refractivity contribution < 1.29 is 9.13 Å². The molecule has 4 atom stereocenters. The van der Waals surface area contributed by atoms with Crippen LogP contribution in [0, 0.1) is 17.7 Å². The first-order valence-corrected chi connectivity index (χ1v) is 7.94. The normalized spacial score (nSPS) is 16.9. The summed E-state index contributed by atoms with van der Waals surface area (Å²) in [6.45, 7) is 10.7. The van der Waals surface area contributed by atoms with Gasteiger partial charge in [0.2, 0.25) is 0 Å². The van der Waals surface area contributed by atoms with Crippen LogP contribution in [-0.4, -0.2) is 18.1 Å². The van der Waals surface area contributed by atoms with Gasteiger partial charge in [-0.3, -0.25) is 0 Å². The van der Waals surface area contributed by atoms with Gasteiger partial charge in [0.15, 0.2) is 0 Å². The van der Waals surface area contributed by atoms with Crippen molar-refractivity contribution in [3.8, 4) is 0 Å². The highest BCUT2D eigenvalue weighted by Gasteiger charge is 2.26. The summed E-state index contributed by atoms with van der Waals surface area (Å²) in [6.07, 6.45) is 1.97. The molecule has 1 aromatic rings. The molecular weight excluding hydrogens is 309 g/mol. The Labute approximate surface area is 137 Å². The third-order valence-corrected chi connectivity index (χ3v) is 4.41. The minimum absolute atomic E-state index is 0.0893. The monoisotopic (exact) mass is 331 g/mol. The number of nitrogens with one attached hydrogen (secondary N) is 1. The van der Waals surface area contributed by atoms with E-state index in [1.54, 1.807) is 12.1 Å². The van der Waals surface area contributed by atoms with E-state index in [9.17, 15) is 4.39 Å². The summed E-state index contributed by atoms with van der Waals surface area (Å²) in [6, 6.07) is 4.53. The summed E-state index contributed by atoms with van der Waals surface area (Å²) in [5, 5.41) is 3.15. The zero-order chi connectivity index (χ0) is 16.0. The molecule has 0 amide bonds. The highest BCUT2D eigenvalue weighted by Crippen LogP contribution is 2.28. The summed E-state index contributed by atoms with van der Waals surface area (Å²) in [7, 11) is 0. The molecule has 1 unspecified atom stereocenters. The number of ether oxygens (including phenoxy) is 1. The lowest BCUT2D eigenvalue weighted by Gasteiger charge is -2.31. The van der Waals surface area contributed by atoms with E-state index in [2.05, 4.69) is 31.4 Å². The Morgan fingerprint density at radius 3 is 2.67 bits per heavy atom. The summed E-state index contributed by atoms with van der Waals surface area (Å²) in [4.78, 5) is 0. The van der Waals surface area contributed by atoms with Gasteiger partial charge in [-0.05, 0) is 38.0 Å². The van der Waals surface area contributed by atoms with E-state index in [-0.39, 0.29) is 28.3 Å². The van der Waals surface area contributed by atoms with E-state index >= 15 is 0 Å². The second kappa shape index (κ2) is 8.66. The van der Waals surface area contributed by atoms with Gasteiger partial charge in [-0.1, -0.05) is 24.6 Å². The van der Waals surface area contributed by atoms with Crippen molar-refractivity contribution >= 4 is 29.9 Å². The number of hydrogen-bond acceptors (Lipinski definition) is 3. The Kier molecular flexibility index (Phi) is 7.57. The molecule has 0 aliphatic heterocycles. The predicted molar refractivity (Wildman–Crippen MR) is 91.7 cm³/mol. The maximum absolute atomic E-state index is 13.2. The van der Waals surface area contributed by atoms with Crippen LogP contribution in [-0.2, 0) is 4.74 Å². The lowest BCUT2D eigenvalue weighted by molar-refractivity contribution is 0.0261. The van der Waals surface area contributed by atoms with E-state index in [0.29, 0.717) is 6.61 Å². The summed E-state index contributed by atoms with van der Waals surface area (Å²) in [5.74, 6) is -0.0939. The fourth-order valence-corrected chi connectivity index (χ4v) is 2.93. The van der Waals surface area contributed by atoms with Crippen LogP contribution >= 0.6 is 24.2 Å². The molecule has 0 saturated carbocycles. The Balaban J connectivity index is 2.76. The summed E-state index contributed by atoms with van der Waals surface area (Å²) < 4.78 is 18.8. The molecule has 0 aliphatic rings. The maximum atomic E-state index is 13.2. The van der Waals surface area contributed by atoms with E-state index in [1.807, 2.05) is 19.9 Å². The van der Waals surface area contributed by atoms with Gasteiger partial charge in [0, 0.05) is 18.2 Å². The molecule has 1 aromatic carbocycles. The molecule has 0 heterocycles. The van der Waals surface area contributed by atoms with E-state index in [1.165, 1.54) is 6.07 Å². The molecular formula is C16H23ClFNOS. The third-order valence-electron chi connectivity index (χ3n) is 3.65. The minimum Gasteiger partial charge on any atom is -0.378 e. The third kappa shape index (κ3) is 5.20. The molecule has 0 fully saturated rings. The van der Waals surface area contributed by atoms with Gasteiger partial charge < -0.3 is 10.1 Å². The van der Waals surface area contributed by atoms with E-state index in [0.717, 1.165) is 5.69 Å². The average molecular weight is 332 g/mol. The highest BCUT2D eigenvalue weighted by molar-refractivity contribution is 7.81. The van der Waals surface area contributed by atoms with Crippen LogP contribution in [0.25, 0.3) is 0 Å². The van der Waals surface area contributed by atoms with Crippen molar-refractivity contribution in [2.45, 2.75) is 32.2 Å². The van der Waals surface area contributed by atoms with Crippen molar-refractivity contribution in [3.05, 3.63) is 41.7 Å². The maximum Gasteiger partial charge on any atom is 0.141 e. The topological polar surface area (TPSA) is 21.3 Å². The van der Waals surface area contributed by atoms with E-state index in [4.69, 9.17) is 16.3 Å². The zero-order valence-corrected chi connectivity index (χ0v) is 14.3. The smallest absolute Gasteiger partial charge is 0.141 e. The average Bonchev–Trinajstić information content (AvgIpc) is 2.43. The molecule has 0 aromatic heterocycles. The zero-order valence-electron chi connectivity index (χ0n) is 12.6. The minimum atomic E-state index is -0.434.